The van der Waals surface area contributed by atoms with Crippen LogP contribution in [0, 0.1) is 0 Å². The number of carbonyl (C=O) groups is 1. The van der Waals surface area contributed by atoms with Crippen LogP contribution < -0.4 is 11.1 Å². The SMILES string of the molecule is CCn1nc(C(N)=O)c2c1CCNC2.Cl. The Balaban J connectivity index is 0.00000112. The summed E-state index contributed by atoms with van der Waals surface area (Å²) < 4.78 is 1.87. The van der Waals surface area contributed by atoms with Crippen LogP contribution in [0.4, 0.5) is 0 Å². The minimum Gasteiger partial charge on any atom is -0.364 e. The van der Waals surface area contributed by atoms with E-state index in [2.05, 4.69) is 10.4 Å². The van der Waals surface area contributed by atoms with Crippen molar-refractivity contribution in [3.8, 4) is 0 Å². The summed E-state index contributed by atoms with van der Waals surface area (Å²) in [6, 6.07) is 0. The van der Waals surface area contributed by atoms with E-state index in [4.69, 9.17) is 5.73 Å². The fourth-order valence-electron chi connectivity index (χ4n) is 1.88. The van der Waals surface area contributed by atoms with E-state index >= 15 is 0 Å². The van der Waals surface area contributed by atoms with E-state index in [0.717, 1.165) is 30.8 Å². The Morgan fingerprint density at radius 3 is 3.00 bits per heavy atom. The molecule has 0 fully saturated rings. The average Bonchev–Trinajstić information content (AvgIpc) is 2.56. The normalized spacial score (nSPS) is 14.2. The number of hydrogen-bond donors (Lipinski definition) is 2. The van der Waals surface area contributed by atoms with Crippen molar-refractivity contribution >= 4 is 18.3 Å². The van der Waals surface area contributed by atoms with Crippen molar-refractivity contribution in [2.24, 2.45) is 5.73 Å². The third-order valence-corrected chi connectivity index (χ3v) is 2.54. The largest absolute Gasteiger partial charge is 0.364 e. The number of carbonyl (C=O) groups excluding carboxylic acids is 1. The van der Waals surface area contributed by atoms with Crippen LogP contribution in [0.1, 0.15) is 28.7 Å². The summed E-state index contributed by atoms with van der Waals surface area (Å²) in [5.74, 6) is -0.433. The minimum absolute atomic E-state index is 0. The van der Waals surface area contributed by atoms with Gasteiger partial charge in [-0.25, -0.2) is 0 Å². The number of nitrogens with one attached hydrogen (secondary N) is 1. The molecule has 0 radical (unpaired) electrons. The highest BCUT2D eigenvalue weighted by molar-refractivity contribution is 5.92. The Morgan fingerprint density at radius 1 is 1.67 bits per heavy atom. The number of halogens is 1. The first-order valence-electron chi connectivity index (χ1n) is 4.83. The molecule has 0 saturated carbocycles. The molecule has 1 aliphatic heterocycles. The first-order chi connectivity index (χ1) is 6.74. The Bertz CT molecular complexity index is 374. The summed E-state index contributed by atoms with van der Waals surface area (Å²) in [5.41, 5.74) is 7.82. The molecule has 2 heterocycles. The summed E-state index contributed by atoms with van der Waals surface area (Å²) in [7, 11) is 0. The molecule has 2 rings (SSSR count). The van der Waals surface area contributed by atoms with Crippen LogP contribution in [0.2, 0.25) is 0 Å². The molecule has 1 aromatic rings. The lowest BCUT2D eigenvalue weighted by molar-refractivity contribution is 0.0993. The van der Waals surface area contributed by atoms with Gasteiger partial charge in [-0.2, -0.15) is 5.10 Å². The maximum Gasteiger partial charge on any atom is 0.269 e. The van der Waals surface area contributed by atoms with Crippen LogP contribution in [0.15, 0.2) is 0 Å². The Hall–Kier alpha value is -1.07. The van der Waals surface area contributed by atoms with Crippen LogP contribution in [0.25, 0.3) is 0 Å². The van der Waals surface area contributed by atoms with E-state index in [0.29, 0.717) is 12.2 Å². The first kappa shape index (κ1) is 12.0. The van der Waals surface area contributed by atoms with Crippen molar-refractivity contribution in [1.29, 1.82) is 0 Å². The molecule has 0 atom stereocenters. The van der Waals surface area contributed by atoms with Gasteiger partial charge in [0.2, 0.25) is 0 Å². The number of fused-ring (bicyclic) bond motifs is 1. The molecule has 3 N–H and O–H groups in total. The quantitative estimate of drug-likeness (QED) is 0.755. The van der Waals surface area contributed by atoms with Crippen molar-refractivity contribution in [2.75, 3.05) is 6.54 Å². The number of primary amides is 1. The van der Waals surface area contributed by atoms with E-state index in [1.165, 1.54) is 0 Å². The van der Waals surface area contributed by atoms with Crippen molar-refractivity contribution in [2.45, 2.75) is 26.4 Å². The number of rotatable bonds is 2. The zero-order valence-electron chi connectivity index (χ0n) is 8.62. The smallest absolute Gasteiger partial charge is 0.269 e. The molecular formula is C9H15ClN4O. The van der Waals surface area contributed by atoms with E-state index in [1.807, 2.05) is 11.6 Å². The molecule has 0 bridgehead atoms. The molecule has 5 nitrogen and oxygen atoms in total. The maximum absolute atomic E-state index is 11.1. The van der Waals surface area contributed by atoms with Crippen LogP contribution in [0.5, 0.6) is 0 Å². The number of hydrogen-bond acceptors (Lipinski definition) is 3. The van der Waals surface area contributed by atoms with Gasteiger partial charge >= 0.3 is 0 Å². The predicted octanol–water partition coefficient (Wildman–Crippen LogP) is 0.0694. The average molecular weight is 231 g/mol. The fourth-order valence-corrected chi connectivity index (χ4v) is 1.88. The van der Waals surface area contributed by atoms with Gasteiger partial charge < -0.3 is 11.1 Å². The molecule has 0 unspecified atom stereocenters. The van der Waals surface area contributed by atoms with Gasteiger partial charge in [0.05, 0.1) is 0 Å². The van der Waals surface area contributed by atoms with E-state index in [1.54, 1.807) is 0 Å². The van der Waals surface area contributed by atoms with Crippen LogP contribution in [0.3, 0.4) is 0 Å². The topological polar surface area (TPSA) is 72.9 Å². The summed E-state index contributed by atoms with van der Waals surface area (Å²) >= 11 is 0. The van der Waals surface area contributed by atoms with Gasteiger partial charge in [-0.05, 0) is 6.92 Å². The number of nitrogens with zero attached hydrogens (tertiary/aromatic N) is 2. The van der Waals surface area contributed by atoms with E-state index in [-0.39, 0.29) is 12.4 Å². The molecule has 0 aliphatic carbocycles. The molecular weight excluding hydrogens is 216 g/mol. The van der Waals surface area contributed by atoms with Gasteiger partial charge in [0, 0.05) is 37.3 Å². The third kappa shape index (κ3) is 1.98. The number of aromatic nitrogens is 2. The van der Waals surface area contributed by atoms with Crippen LogP contribution in [-0.4, -0.2) is 22.2 Å². The zero-order chi connectivity index (χ0) is 10.1. The molecule has 0 spiro atoms. The molecule has 6 heteroatoms. The molecule has 84 valence electrons. The van der Waals surface area contributed by atoms with Gasteiger partial charge in [-0.1, -0.05) is 0 Å². The third-order valence-electron chi connectivity index (χ3n) is 2.54. The Morgan fingerprint density at radius 2 is 2.40 bits per heavy atom. The highest BCUT2D eigenvalue weighted by atomic mass is 35.5. The monoisotopic (exact) mass is 230 g/mol. The second-order valence-corrected chi connectivity index (χ2v) is 3.38. The van der Waals surface area contributed by atoms with E-state index in [9.17, 15) is 4.79 Å². The lowest BCUT2D eigenvalue weighted by Crippen LogP contribution is -2.26. The summed E-state index contributed by atoms with van der Waals surface area (Å²) in [4.78, 5) is 11.1. The van der Waals surface area contributed by atoms with Gasteiger partial charge in [-0.3, -0.25) is 9.48 Å². The second kappa shape index (κ2) is 4.63. The van der Waals surface area contributed by atoms with Gasteiger partial charge in [0.15, 0.2) is 5.69 Å². The summed E-state index contributed by atoms with van der Waals surface area (Å²) in [6.07, 6.45) is 0.920. The predicted molar refractivity (Wildman–Crippen MR) is 59.1 cm³/mol. The maximum atomic E-state index is 11.1. The van der Waals surface area contributed by atoms with Crippen molar-refractivity contribution in [3.63, 3.8) is 0 Å². The highest BCUT2D eigenvalue weighted by Crippen LogP contribution is 2.17. The molecule has 0 aromatic carbocycles. The lowest BCUT2D eigenvalue weighted by Gasteiger charge is -2.14. The summed E-state index contributed by atoms with van der Waals surface area (Å²) in [6.45, 7) is 4.44. The number of aryl methyl sites for hydroxylation is 1. The van der Waals surface area contributed by atoms with Crippen LogP contribution in [-0.2, 0) is 19.5 Å². The number of nitrogens with two attached hydrogens (primary N) is 1. The zero-order valence-corrected chi connectivity index (χ0v) is 9.43. The molecule has 15 heavy (non-hydrogen) atoms. The first-order valence-corrected chi connectivity index (χ1v) is 4.83. The van der Waals surface area contributed by atoms with Crippen LogP contribution >= 0.6 is 12.4 Å². The van der Waals surface area contributed by atoms with Crippen molar-refractivity contribution < 1.29 is 4.79 Å². The molecule has 1 amide bonds. The summed E-state index contributed by atoms with van der Waals surface area (Å²) in [5, 5.41) is 7.42. The van der Waals surface area contributed by atoms with Crippen molar-refractivity contribution in [3.05, 3.63) is 17.0 Å². The van der Waals surface area contributed by atoms with Gasteiger partial charge in [0.1, 0.15) is 0 Å². The van der Waals surface area contributed by atoms with Crippen molar-refractivity contribution in [1.82, 2.24) is 15.1 Å². The minimum atomic E-state index is -0.433. The second-order valence-electron chi connectivity index (χ2n) is 3.38. The Kier molecular flexibility index (Phi) is 3.71. The molecule has 1 aromatic heterocycles. The Labute approximate surface area is 94.4 Å². The van der Waals surface area contributed by atoms with Gasteiger partial charge in [0.25, 0.3) is 5.91 Å². The molecule has 1 aliphatic rings. The van der Waals surface area contributed by atoms with E-state index < -0.39 is 5.91 Å². The number of amides is 1. The molecule has 0 saturated heterocycles. The standard InChI is InChI=1S/C9H14N4O.ClH/c1-2-13-7-3-4-11-5-6(7)8(12-13)9(10)14;/h11H,2-5H2,1H3,(H2,10,14);1H. The fraction of sp³-hybridized carbons (Fsp3) is 0.556. The van der Waals surface area contributed by atoms with Gasteiger partial charge in [-0.15, -0.1) is 12.4 Å². The lowest BCUT2D eigenvalue weighted by atomic mass is 10.1. The highest BCUT2D eigenvalue weighted by Gasteiger charge is 2.22.